The minimum Gasteiger partial charge on any atom is -0.368 e. The second-order valence-corrected chi connectivity index (χ2v) is 9.40. The fourth-order valence-electron chi connectivity index (χ4n) is 3.15. The van der Waals surface area contributed by atoms with Crippen molar-refractivity contribution in [3.63, 3.8) is 0 Å². The largest absolute Gasteiger partial charge is 0.368 e. The van der Waals surface area contributed by atoms with E-state index in [0.717, 1.165) is 15.6 Å². The van der Waals surface area contributed by atoms with Gasteiger partial charge in [-0.1, -0.05) is 35.4 Å². The molecule has 0 atom stereocenters. The number of likely N-dealkylation sites (N-methyl/N-ethyl adjacent to an activating group) is 1. The van der Waals surface area contributed by atoms with Gasteiger partial charge in [0.1, 0.15) is 0 Å². The minimum atomic E-state index is -3.69. The van der Waals surface area contributed by atoms with Crippen molar-refractivity contribution < 1.29 is 13.2 Å². The van der Waals surface area contributed by atoms with Crippen LogP contribution in [0.15, 0.2) is 53.4 Å². The van der Waals surface area contributed by atoms with Crippen molar-refractivity contribution in [3.8, 4) is 0 Å². The molecule has 0 radical (unpaired) electrons. The number of carbonyl (C=O) groups is 1. The predicted molar refractivity (Wildman–Crippen MR) is 111 cm³/mol. The van der Waals surface area contributed by atoms with E-state index in [-0.39, 0.29) is 17.3 Å². The SMILES string of the molecule is Cc1ccc(S(=O)(=O)N(C)CC(=O)N2CCN(c3cccc(Cl)c3)CC2)cc1. The van der Waals surface area contributed by atoms with Gasteiger partial charge in [-0.3, -0.25) is 4.79 Å². The maximum atomic E-state index is 12.7. The summed E-state index contributed by atoms with van der Waals surface area (Å²) in [5.74, 6) is -0.191. The lowest BCUT2D eigenvalue weighted by Crippen LogP contribution is -2.51. The molecule has 1 fully saturated rings. The van der Waals surface area contributed by atoms with E-state index in [1.807, 2.05) is 31.2 Å². The van der Waals surface area contributed by atoms with Crippen LogP contribution in [-0.2, 0) is 14.8 Å². The summed E-state index contributed by atoms with van der Waals surface area (Å²) in [6.07, 6.45) is 0. The topological polar surface area (TPSA) is 60.9 Å². The van der Waals surface area contributed by atoms with E-state index in [1.165, 1.54) is 7.05 Å². The monoisotopic (exact) mass is 421 g/mol. The number of hydrogen-bond donors (Lipinski definition) is 0. The maximum absolute atomic E-state index is 12.7. The minimum absolute atomic E-state index is 0.173. The lowest BCUT2D eigenvalue weighted by atomic mass is 10.2. The van der Waals surface area contributed by atoms with Gasteiger partial charge in [0.05, 0.1) is 11.4 Å². The van der Waals surface area contributed by atoms with Crippen LogP contribution in [0.5, 0.6) is 0 Å². The van der Waals surface area contributed by atoms with Gasteiger partial charge in [-0.2, -0.15) is 4.31 Å². The van der Waals surface area contributed by atoms with E-state index >= 15 is 0 Å². The summed E-state index contributed by atoms with van der Waals surface area (Å²) in [7, 11) is -2.25. The van der Waals surface area contributed by atoms with Crippen LogP contribution in [-0.4, -0.2) is 63.3 Å². The normalized spacial score (nSPS) is 15.1. The number of halogens is 1. The second kappa shape index (κ2) is 8.51. The highest BCUT2D eigenvalue weighted by Gasteiger charge is 2.27. The van der Waals surface area contributed by atoms with Crippen LogP contribution < -0.4 is 4.90 Å². The van der Waals surface area contributed by atoms with Crippen molar-refractivity contribution in [2.24, 2.45) is 0 Å². The predicted octanol–water partition coefficient (Wildman–Crippen LogP) is 2.62. The van der Waals surface area contributed by atoms with E-state index < -0.39 is 10.0 Å². The highest BCUT2D eigenvalue weighted by molar-refractivity contribution is 7.89. The average Bonchev–Trinajstić information content (AvgIpc) is 2.68. The lowest BCUT2D eigenvalue weighted by molar-refractivity contribution is -0.131. The first-order chi connectivity index (χ1) is 13.3. The molecule has 0 saturated carbocycles. The summed E-state index contributed by atoms with van der Waals surface area (Å²) in [5.41, 5.74) is 2.01. The molecule has 3 rings (SSSR count). The van der Waals surface area contributed by atoms with Crippen LogP contribution in [0, 0.1) is 6.92 Å². The molecule has 1 aliphatic heterocycles. The third-order valence-corrected chi connectivity index (χ3v) is 6.95. The quantitative estimate of drug-likeness (QED) is 0.744. The first kappa shape index (κ1) is 20.6. The third kappa shape index (κ3) is 4.66. The third-order valence-electron chi connectivity index (χ3n) is 4.89. The zero-order chi connectivity index (χ0) is 20.3. The van der Waals surface area contributed by atoms with E-state index in [1.54, 1.807) is 29.2 Å². The molecule has 2 aromatic carbocycles. The van der Waals surface area contributed by atoms with Gasteiger partial charge in [-0.05, 0) is 37.3 Å². The Morgan fingerprint density at radius 2 is 1.71 bits per heavy atom. The van der Waals surface area contributed by atoms with Gasteiger partial charge in [0.25, 0.3) is 0 Å². The first-order valence-corrected chi connectivity index (χ1v) is 10.9. The molecule has 2 aromatic rings. The molecule has 1 aliphatic rings. The molecule has 0 unspecified atom stereocenters. The zero-order valence-electron chi connectivity index (χ0n) is 16.0. The van der Waals surface area contributed by atoms with E-state index in [2.05, 4.69) is 4.90 Å². The standard InChI is InChI=1S/C20H24ClN3O3S/c1-16-6-8-19(9-7-16)28(26,27)22(2)15-20(25)24-12-10-23(11-13-24)18-5-3-4-17(21)14-18/h3-9,14H,10-13,15H2,1-2H3. The Labute approximate surface area is 171 Å². The van der Waals surface area contributed by atoms with Gasteiger partial charge in [0, 0.05) is 43.9 Å². The number of carbonyl (C=O) groups excluding carboxylic acids is 1. The van der Waals surface area contributed by atoms with E-state index in [9.17, 15) is 13.2 Å². The van der Waals surface area contributed by atoms with Crippen LogP contribution in [0.4, 0.5) is 5.69 Å². The number of aryl methyl sites for hydroxylation is 1. The molecule has 0 N–H and O–H groups in total. The molecule has 0 aliphatic carbocycles. The van der Waals surface area contributed by atoms with Crippen molar-refractivity contribution in [2.45, 2.75) is 11.8 Å². The molecule has 1 amide bonds. The van der Waals surface area contributed by atoms with Gasteiger partial charge in [0.2, 0.25) is 15.9 Å². The molecule has 0 spiro atoms. The number of amides is 1. The molecule has 6 nitrogen and oxygen atoms in total. The van der Waals surface area contributed by atoms with Crippen molar-refractivity contribution in [1.82, 2.24) is 9.21 Å². The summed E-state index contributed by atoms with van der Waals surface area (Å²) < 4.78 is 26.4. The van der Waals surface area contributed by atoms with Gasteiger partial charge >= 0.3 is 0 Å². The van der Waals surface area contributed by atoms with Crippen LogP contribution in [0.2, 0.25) is 5.02 Å². The van der Waals surface area contributed by atoms with Crippen molar-refractivity contribution in [1.29, 1.82) is 0 Å². The Morgan fingerprint density at radius 1 is 1.07 bits per heavy atom. The number of hydrogen-bond acceptors (Lipinski definition) is 4. The fourth-order valence-corrected chi connectivity index (χ4v) is 4.46. The maximum Gasteiger partial charge on any atom is 0.243 e. The van der Waals surface area contributed by atoms with E-state index in [4.69, 9.17) is 11.6 Å². The van der Waals surface area contributed by atoms with Crippen LogP contribution in [0.1, 0.15) is 5.56 Å². The van der Waals surface area contributed by atoms with Crippen LogP contribution >= 0.6 is 11.6 Å². The van der Waals surface area contributed by atoms with Gasteiger partial charge in [-0.15, -0.1) is 0 Å². The Balaban J connectivity index is 1.58. The number of anilines is 1. The van der Waals surface area contributed by atoms with Gasteiger partial charge in [0.15, 0.2) is 0 Å². The molecule has 0 bridgehead atoms. The first-order valence-electron chi connectivity index (χ1n) is 9.08. The second-order valence-electron chi connectivity index (χ2n) is 6.92. The number of sulfonamides is 1. The Morgan fingerprint density at radius 3 is 2.32 bits per heavy atom. The number of rotatable bonds is 5. The van der Waals surface area contributed by atoms with Gasteiger partial charge < -0.3 is 9.80 Å². The molecule has 0 aromatic heterocycles. The van der Waals surface area contributed by atoms with Crippen LogP contribution in [0.25, 0.3) is 0 Å². The van der Waals surface area contributed by atoms with E-state index in [0.29, 0.717) is 31.2 Å². The Kier molecular flexibility index (Phi) is 6.27. The number of piperazine rings is 1. The molecular weight excluding hydrogens is 398 g/mol. The lowest BCUT2D eigenvalue weighted by Gasteiger charge is -2.36. The average molecular weight is 422 g/mol. The van der Waals surface area contributed by atoms with Crippen LogP contribution in [0.3, 0.4) is 0 Å². The summed E-state index contributed by atoms with van der Waals surface area (Å²) in [6.45, 7) is 4.18. The van der Waals surface area contributed by atoms with Crippen molar-refractivity contribution >= 4 is 33.2 Å². The molecular formula is C20H24ClN3O3S. The smallest absolute Gasteiger partial charge is 0.243 e. The summed E-state index contributed by atoms with van der Waals surface area (Å²) in [4.78, 5) is 16.7. The zero-order valence-corrected chi connectivity index (χ0v) is 17.6. The molecule has 1 heterocycles. The molecule has 150 valence electrons. The summed E-state index contributed by atoms with van der Waals surface area (Å²) in [6, 6.07) is 14.3. The molecule has 8 heteroatoms. The molecule has 1 saturated heterocycles. The highest BCUT2D eigenvalue weighted by Crippen LogP contribution is 2.21. The van der Waals surface area contributed by atoms with Gasteiger partial charge in [-0.25, -0.2) is 8.42 Å². The summed E-state index contributed by atoms with van der Waals surface area (Å²) >= 11 is 6.05. The number of benzene rings is 2. The highest BCUT2D eigenvalue weighted by atomic mass is 35.5. The Bertz CT molecular complexity index is 939. The van der Waals surface area contributed by atoms with Crippen molar-refractivity contribution in [3.05, 3.63) is 59.1 Å². The van der Waals surface area contributed by atoms with Crippen molar-refractivity contribution in [2.75, 3.05) is 44.7 Å². The molecule has 28 heavy (non-hydrogen) atoms. The fraction of sp³-hybridized carbons (Fsp3) is 0.350. The number of nitrogens with zero attached hydrogens (tertiary/aromatic N) is 3. The summed E-state index contributed by atoms with van der Waals surface area (Å²) in [5, 5.41) is 0.680. The Hall–Kier alpha value is -2.09.